The van der Waals surface area contributed by atoms with Gasteiger partial charge in [-0.05, 0) is 18.4 Å². The van der Waals surface area contributed by atoms with Gasteiger partial charge in [0, 0.05) is 5.70 Å². The second kappa shape index (κ2) is 7.41. The summed E-state index contributed by atoms with van der Waals surface area (Å²) in [5.41, 5.74) is 1.48. The molecule has 0 aromatic carbocycles. The van der Waals surface area contributed by atoms with Crippen molar-refractivity contribution >= 4 is 11.9 Å². The highest BCUT2D eigenvalue weighted by Crippen LogP contribution is 2.18. The number of ether oxygens (including phenoxy) is 1. The standard InChI is InChI=1S/C14H19NO4/c1-10(8-14(18)19-2)15-12(9-13(16)17)11-6-4-3-5-7-11/h3-4,7,12,15H,1,5-6,8-9H2,2H3,(H,16,17). The number of aliphatic carboxylic acids is 1. The molecule has 0 amide bonds. The maximum atomic E-state index is 11.1. The van der Waals surface area contributed by atoms with E-state index in [-0.39, 0.29) is 18.9 Å². The van der Waals surface area contributed by atoms with Crippen LogP contribution in [0.1, 0.15) is 25.7 Å². The van der Waals surface area contributed by atoms with Gasteiger partial charge in [-0.25, -0.2) is 0 Å². The molecule has 2 N–H and O–H groups in total. The van der Waals surface area contributed by atoms with Crippen LogP contribution < -0.4 is 5.32 Å². The number of allylic oxidation sites excluding steroid dienone is 3. The Kier molecular flexibility index (Phi) is 5.85. The number of methoxy groups -OCH3 is 1. The predicted octanol–water partition coefficient (Wildman–Crippen LogP) is 1.77. The summed E-state index contributed by atoms with van der Waals surface area (Å²) in [7, 11) is 1.30. The molecular formula is C14H19NO4. The van der Waals surface area contributed by atoms with Gasteiger partial charge in [-0.15, -0.1) is 0 Å². The number of hydrogen-bond donors (Lipinski definition) is 2. The smallest absolute Gasteiger partial charge is 0.311 e. The first-order chi connectivity index (χ1) is 9.02. The molecule has 5 heteroatoms. The number of carbonyl (C=O) groups is 2. The molecule has 1 aliphatic rings. The zero-order chi connectivity index (χ0) is 14.3. The van der Waals surface area contributed by atoms with E-state index in [2.05, 4.69) is 16.6 Å². The van der Waals surface area contributed by atoms with Crippen LogP contribution in [0.3, 0.4) is 0 Å². The quantitative estimate of drug-likeness (QED) is 0.542. The zero-order valence-corrected chi connectivity index (χ0v) is 11.0. The molecule has 1 rings (SSSR count). The van der Waals surface area contributed by atoms with Gasteiger partial charge in [0.05, 0.1) is 26.0 Å². The van der Waals surface area contributed by atoms with Crippen molar-refractivity contribution in [2.24, 2.45) is 0 Å². The monoisotopic (exact) mass is 265 g/mol. The van der Waals surface area contributed by atoms with Gasteiger partial charge in [-0.1, -0.05) is 24.8 Å². The molecule has 0 bridgehead atoms. The van der Waals surface area contributed by atoms with E-state index >= 15 is 0 Å². The van der Waals surface area contributed by atoms with Crippen molar-refractivity contribution in [3.8, 4) is 0 Å². The van der Waals surface area contributed by atoms with Gasteiger partial charge in [0.25, 0.3) is 0 Å². The van der Waals surface area contributed by atoms with Crippen molar-refractivity contribution in [2.45, 2.75) is 31.7 Å². The topological polar surface area (TPSA) is 75.6 Å². The number of rotatable bonds is 7. The largest absolute Gasteiger partial charge is 0.481 e. The minimum absolute atomic E-state index is 0.0374. The summed E-state index contributed by atoms with van der Waals surface area (Å²) in [5.74, 6) is -1.29. The SMILES string of the molecule is C=C(CC(=O)OC)NC(CC(=O)O)C1=CCC=CC1. The summed E-state index contributed by atoms with van der Waals surface area (Å²) in [6.07, 6.45) is 7.56. The van der Waals surface area contributed by atoms with Gasteiger partial charge in [0.15, 0.2) is 0 Å². The molecule has 0 aromatic heterocycles. The first-order valence-electron chi connectivity index (χ1n) is 6.09. The molecule has 0 saturated carbocycles. The van der Waals surface area contributed by atoms with Crippen molar-refractivity contribution in [2.75, 3.05) is 7.11 Å². The summed E-state index contributed by atoms with van der Waals surface area (Å²) < 4.78 is 4.55. The predicted molar refractivity (Wildman–Crippen MR) is 71.4 cm³/mol. The molecule has 0 aromatic rings. The fourth-order valence-corrected chi connectivity index (χ4v) is 1.90. The Hall–Kier alpha value is -2.04. The molecule has 0 fully saturated rings. The summed E-state index contributed by atoms with van der Waals surface area (Å²) in [6.45, 7) is 3.73. The average molecular weight is 265 g/mol. The summed E-state index contributed by atoms with van der Waals surface area (Å²) in [6, 6.07) is -0.334. The number of nitrogens with one attached hydrogen (secondary N) is 1. The lowest BCUT2D eigenvalue weighted by molar-refractivity contribution is -0.139. The Labute approximate surface area is 112 Å². The molecule has 0 saturated heterocycles. The van der Waals surface area contributed by atoms with E-state index in [4.69, 9.17) is 5.11 Å². The van der Waals surface area contributed by atoms with Crippen LogP contribution in [0.15, 0.2) is 36.1 Å². The molecule has 104 valence electrons. The third-order valence-corrected chi connectivity index (χ3v) is 2.83. The summed E-state index contributed by atoms with van der Waals surface area (Å²) in [5, 5.41) is 12.0. The molecule has 1 unspecified atom stereocenters. The molecular weight excluding hydrogens is 246 g/mol. The third kappa shape index (κ3) is 5.42. The van der Waals surface area contributed by atoms with Gasteiger partial charge >= 0.3 is 11.9 Å². The summed E-state index contributed by atoms with van der Waals surface area (Å²) >= 11 is 0. The van der Waals surface area contributed by atoms with E-state index in [9.17, 15) is 9.59 Å². The lowest BCUT2D eigenvalue weighted by atomic mass is 9.96. The minimum atomic E-state index is -0.890. The number of esters is 1. The zero-order valence-electron chi connectivity index (χ0n) is 11.0. The van der Waals surface area contributed by atoms with E-state index in [0.29, 0.717) is 5.70 Å². The van der Waals surface area contributed by atoms with E-state index in [1.54, 1.807) is 0 Å². The van der Waals surface area contributed by atoms with Gasteiger partial charge in [0.1, 0.15) is 0 Å². The fourth-order valence-electron chi connectivity index (χ4n) is 1.90. The van der Waals surface area contributed by atoms with Crippen LogP contribution in [0.25, 0.3) is 0 Å². The first-order valence-corrected chi connectivity index (χ1v) is 6.09. The highest BCUT2D eigenvalue weighted by atomic mass is 16.5. The molecule has 0 spiro atoms. The second-order valence-electron chi connectivity index (χ2n) is 4.34. The van der Waals surface area contributed by atoms with Crippen LogP contribution >= 0.6 is 0 Å². The Morgan fingerprint density at radius 1 is 1.53 bits per heavy atom. The van der Waals surface area contributed by atoms with Crippen molar-refractivity contribution in [1.82, 2.24) is 5.32 Å². The van der Waals surface area contributed by atoms with Crippen molar-refractivity contribution in [3.63, 3.8) is 0 Å². The van der Waals surface area contributed by atoms with E-state index in [1.807, 2.05) is 18.2 Å². The molecule has 0 radical (unpaired) electrons. The van der Waals surface area contributed by atoms with Crippen LogP contribution in [0, 0.1) is 0 Å². The highest BCUT2D eigenvalue weighted by molar-refractivity contribution is 5.72. The van der Waals surface area contributed by atoms with E-state index < -0.39 is 11.9 Å². The van der Waals surface area contributed by atoms with Crippen LogP contribution in [0.4, 0.5) is 0 Å². The molecule has 0 aliphatic heterocycles. The molecule has 5 nitrogen and oxygen atoms in total. The van der Waals surface area contributed by atoms with Crippen molar-refractivity contribution < 1.29 is 19.4 Å². The van der Waals surface area contributed by atoms with Gasteiger partial charge in [-0.2, -0.15) is 0 Å². The Morgan fingerprint density at radius 3 is 2.79 bits per heavy atom. The van der Waals surface area contributed by atoms with Crippen molar-refractivity contribution in [1.29, 1.82) is 0 Å². The van der Waals surface area contributed by atoms with Crippen LogP contribution in [0.2, 0.25) is 0 Å². The second-order valence-corrected chi connectivity index (χ2v) is 4.34. The highest BCUT2D eigenvalue weighted by Gasteiger charge is 2.19. The number of carbonyl (C=O) groups excluding carboxylic acids is 1. The van der Waals surface area contributed by atoms with E-state index in [0.717, 1.165) is 18.4 Å². The average Bonchev–Trinajstić information content (AvgIpc) is 2.38. The lowest BCUT2D eigenvalue weighted by Crippen LogP contribution is -2.33. The van der Waals surface area contributed by atoms with Gasteiger partial charge in [0.2, 0.25) is 0 Å². The Balaban J connectivity index is 2.64. The Bertz CT molecular complexity index is 423. The maximum Gasteiger partial charge on any atom is 0.311 e. The number of hydrogen-bond acceptors (Lipinski definition) is 4. The number of carboxylic acid groups (broad SMARTS) is 1. The minimum Gasteiger partial charge on any atom is -0.481 e. The molecule has 1 atom stereocenters. The lowest BCUT2D eigenvalue weighted by Gasteiger charge is -2.23. The van der Waals surface area contributed by atoms with Crippen LogP contribution in [0.5, 0.6) is 0 Å². The van der Waals surface area contributed by atoms with Gasteiger partial charge < -0.3 is 15.2 Å². The third-order valence-electron chi connectivity index (χ3n) is 2.83. The normalized spacial score (nSPS) is 15.3. The van der Waals surface area contributed by atoms with Crippen LogP contribution in [-0.2, 0) is 14.3 Å². The van der Waals surface area contributed by atoms with E-state index in [1.165, 1.54) is 7.11 Å². The van der Waals surface area contributed by atoms with Crippen LogP contribution in [-0.4, -0.2) is 30.2 Å². The summed E-state index contributed by atoms with van der Waals surface area (Å²) in [4.78, 5) is 22.0. The Morgan fingerprint density at radius 2 is 2.26 bits per heavy atom. The molecule has 0 heterocycles. The maximum absolute atomic E-state index is 11.1. The van der Waals surface area contributed by atoms with Gasteiger partial charge in [-0.3, -0.25) is 9.59 Å². The first kappa shape index (κ1) is 15.0. The molecule has 1 aliphatic carbocycles. The fraction of sp³-hybridized carbons (Fsp3) is 0.429. The number of carboxylic acids is 1. The molecule has 19 heavy (non-hydrogen) atoms. The van der Waals surface area contributed by atoms with Crippen molar-refractivity contribution in [3.05, 3.63) is 36.1 Å².